The number of aryl methyl sites for hydroxylation is 1. The predicted molar refractivity (Wildman–Crippen MR) is 132 cm³/mol. The molecule has 0 spiro atoms. The Morgan fingerprint density at radius 3 is 2.56 bits per heavy atom. The van der Waals surface area contributed by atoms with E-state index in [2.05, 4.69) is 44.2 Å². The first kappa shape index (κ1) is 22.4. The first-order chi connectivity index (χ1) is 15.5. The second-order valence-corrected chi connectivity index (χ2v) is 9.25. The van der Waals surface area contributed by atoms with E-state index >= 15 is 0 Å². The summed E-state index contributed by atoms with van der Waals surface area (Å²) in [5.41, 5.74) is 5.52. The molecule has 4 rings (SSSR count). The fraction of sp³-hybridized carbons (Fsp3) is 0.321. The number of carbonyl (C=O) groups excluding carboxylic acids is 1. The normalized spacial score (nSPS) is 15.3. The number of amides is 1. The number of fused-ring (bicyclic) bond motifs is 1. The fourth-order valence-corrected chi connectivity index (χ4v) is 4.72. The molecule has 1 aliphatic carbocycles. The molecule has 1 unspecified atom stereocenters. The molecule has 1 atom stereocenters. The minimum Gasteiger partial charge on any atom is -0.497 e. The van der Waals surface area contributed by atoms with Crippen LogP contribution in [0.4, 0.5) is 5.69 Å². The molecule has 4 heteroatoms. The summed E-state index contributed by atoms with van der Waals surface area (Å²) in [6.45, 7) is 4.84. The van der Waals surface area contributed by atoms with Gasteiger partial charge in [-0.05, 0) is 83.8 Å². The quantitative estimate of drug-likeness (QED) is 0.402. The van der Waals surface area contributed by atoms with Gasteiger partial charge in [-0.3, -0.25) is 4.79 Å². The number of hydrogen-bond acceptors (Lipinski definition) is 2. The SMILES string of the molecule is COc1ccc2c(c1)C(C(=O)N(Cc1cccc(Cl)c1)c1ccc(C(C)C)cc1)CCC2. The van der Waals surface area contributed by atoms with Gasteiger partial charge < -0.3 is 9.64 Å². The summed E-state index contributed by atoms with van der Waals surface area (Å²) in [6, 6.07) is 22.2. The topological polar surface area (TPSA) is 29.5 Å². The number of halogens is 1. The van der Waals surface area contributed by atoms with E-state index in [4.69, 9.17) is 16.3 Å². The van der Waals surface area contributed by atoms with Crippen molar-refractivity contribution >= 4 is 23.2 Å². The molecule has 3 aromatic rings. The molecule has 0 N–H and O–H groups in total. The number of ether oxygens (including phenoxy) is 1. The second-order valence-electron chi connectivity index (χ2n) is 8.81. The number of methoxy groups -OCH3 is 1. The minimum atomic E-state index is -0.183. The van der Waals surface area contributed by atoms with E-state index in [-0.39, 0.29) is 11.8 Å². The highest BCUT2D eigenvalue weighted by Crippen LogP contribution is 2.37. The van der Waals surface area contributed by atoms with Crippen molar-refractivity contribution in [2.75, 3.05) is 12.0 Å². The Morgan fingerprint density at radius 2 is 1.88 bits per heavy atom. The lowest BCUT2D eigenvalue weighted by molar-refractivity contribution is -0.120. The van der Waals surface area contributed by atoms with Crippen LogP contribution in [-0.4, -0.2) is 13.0 Å². The van der Waals surface area contributed by atoms with Crippen molar-refractivity contribution in [1.29, 1.82) is 0 Å². The van der Waals surface area contributed by atoms with Gasteiger partial charge in [0.05, 0.1) is 19.6 Å². The Hall–Kier alpha value is -2.78. The number of nitrogens with zero attached hydrogens (tertiary/aromatic N) is 1. The smallest absolute Gasteiger partial charge is 0.234 e. The standard InChI is InChI=1S/C28H30ClNO2/c1-19(2)21-10-13-24(14-11-21)30(18-20-6-4-8-23(29)16-20)28(31)26-9-5-7-22-12-15-25(32-3)17-27(22)26/h4,6,8,10-17,19,26H,5,7,9,18H2,1-3H3. The molecule has 0 fully saturated rings. The van der Waals surface area contributed by atoms with E-state index in [1.807, 2.05) is 41.3 Å². The molecule has 32 heavy (non-hydrogen) atoms. The van der Waals surface area contributed by atoms with Crippen molar-refractivity contribution in [2.24, 2.45) is 0 Å². The summed E-state index contributed by atoms with van der Waals surface area (Å²) in [7, 11) is 1.67. The third kappa shape index (κ3) is 4.83. The predicted octanol–water partition coefficient (Wildman–Crippen LogP) is 7.13. The first-order valence-corrected chi connectivity index (χ1v) is 11.7. The highest BCUT2D eigenvalue weighted by atomic mass is 35.5. The van der Waals surface area contributed by atoms with Gasteiger partial charge in [-0.25, -0.2) is 0 Å². The number of rotatable bonds is 6. The van der Waals surface area contributed by atoms with Gasteiger partial charge in [0.25, 0.3) is 0 Å². The maximum Gasteiger partial charge on any atom is 0.234 e. The van der Waals surface area contributed by atoms with Gasteiger partial charge in [-0.2, -0.15) is 0 Å². The maximum absolute atomic E-state index is 14.0. The lowest BCUT2D eigenvalue weighted by Crippen LogP contribution is -2.36. The molecule has 0 saturated carbocycles. The van der Waals surface area contributed by atoms with Crippen LogP contribution in [0.5, 0.6) is 5.75 Å². The van der Waals surface area contributed by atoms with Crippen LogP contribution in [0.15, 0.2) is 66.7 Å². The third-order valence-corrected chi connectivity index (χ3v) is 6.57. The van der Waals surface area contributed by atoms with Crippen molar-refractivity contribution < 1.29 is 9.53 Å². The summed E-state index contributed by atoms with van der Waals surface area (Å²) in [4.78, 5) is 15.9. The molecule has 0 bridgehead atoms. The Balaban J connectivity index is 1.72. The van der Waals surface area contributed by atoms with E-state index in [1.54, 1.807) is 7.11 Å². The van der Waals surface area contributed by atoms with Gasteiger partial charge in [0.15, 0.2) is 0 Å². The van der Waals surface area contributed by atoms with Crippen LogP contribution in [0.3, 0.4) is 0 Å². The summed E-state index contributed by atoms with van der Waals surface area (Å²) in [5, 5.41) is 0.679. The second kappa shape index (κ2) is 9.79. The molecule has 3 aromatic carbocycles. The molecule has 1 aliphatic rings. The number of hydrogen-bond donors (Lipinski definition) is 0. The highest BCUT2D eigenvalue weighted by molar-refractivity contribution is 6.30. The molecular formula is C28H30ClNO2. The summed E-state index contributed by atoms with van der Waals surface area (Å²) in [5.74, 6) is 1.18. The Kier molecular flexibility index (Phi) is 6.86. The van der Waals surface area contributed by atoms with Crippen LogP contribution in [0.2, 0.25) is 5.02 Å². The molecular weight excluding hydrogens is 418 g/mol. The van der Waals surface area contributed by atoms with Gasteiger partial charge in [-0.15, -0.1) is 0 Å². The zero-order valence-electron chi connectivity index (χ0n) is 19.0. The summed E-state index contributed by atoms with van der Waals surface area (Å²) < 4.78 is 5.46. The van der Waals surface area contributed by atoms with Crippen molar-refractivity contribution in [3.05, 3.63) is 94.0 Å². The molecule has 0 saturated heterocycles. The number of carbonyl (C=O) groups is 1. The average Bonchev–Trinajstić information content (AvgIpc) is 2.81. The van der Waals surface area contributed by atoms with Crippen LogP contribution < -0.4 is 9.64 Å². The maximum atomic E-state index is 14.0. The molecule has 0 aliphatic heterocycles. The van der Waals surface area contributed by atoms with Gasteiger partial charge in [0.2, 0.25) is 5.91 Å². The van der Waals surface area contributed by atoms with Crippen molar-refractivity contribution in [3.63, 3.8) is 0 Å². The van der Waals surface area contributed by atoms with Gasteiger partial charge in [0, 0.05) is 10.7 Å². The summed E-state index contributed by atoms with van der Waals surface area (Å²) in [6.07, 6.45) is 2.85. The number of benzene rings is 3. The van der Waals surface area contributed by atoms with E-state index in [1.165, 1.54) is 11.1 Å². The lowest BCUT2D eigenvalue weighted by Gasteiger charge is -2.31. The van der Waals surface area contributed by atoms with Crippen LogP contribution in [-0.2, 0) is 17.8 Å². The molecule has 166 valence electrons. The molecule has 1 amide bonds. The zero-order chi connectivity index (χ0) is 22.7. The average molecular weight is 448 g/mol. The zero-order valence-corrected chi connectivity index (χ0v) is 19.7. The van der Waals surface area contributed by atoms with Crippen molar-refractivity contribution in [1.82, 2.24) is 0 Å². The Labute approximate surface area is 196 Å². The molecule has 0 aromatic heterocycles. The van der Waals surface area contributed by atoms with Crippen LogP contribution in [0.1, 0.15) is 60.8 Å². The largest absolute Gasteiger partial charge is 0.497 e. The summed E-state index contributed by atoms with van der Waals surface area (Å²) >= 11 is 6.24. The molecule has 0 heterocycles. The van der Waals surface area contributed by atoms with Crippen LogP contribution >= 0.6 is 11.6 Å². The Morgan fingerprint density at radius 1 is 1.09 bits per heavy atom. The lowest BCUT2D eigenvalue weighted by atomic mass is 9.81. The number of anilines is 1. The van der Waals surface area contributed by atoms with Crippen LogP contribution in [0.25, 0.3) is 0 Å². The van der Waals surface area contributed by atoms with E-state index in [0.717, 1.165) is 41.8 Å². The van der Waals surface area contributed by atoms with Gasteiger partial charge in [0.1, 0.15) is 5.75 Å². The van der Waals surface area contributed by atoms with Gasteiger partial charge in [-0.1, -0.05) is 55.8 Å². The third-order valence-electron chi connectivity index (χ3n) is 6.33. The van der Waals surface area contributed by atoms with E-state index in [9.17, 15) is 4.79 Å². The van der Waals surface area contributed by atoms with E-state index < -0.39 is 0 Å². The van der Waals surface area contributed by atoms with Gasteiger partial charge >= 0.3 is 0 Å². The highest BCUT2D eigenvalue weighted by Gasteiger charge is 2.31. The monoisotopic (exact) mass is 447 g/mol. The van der Waals surface area contributed by atoms with Crippen molar-refractivity contribution in [3.8, 4) is 5.75 Å². The fourth-order valence-electron chi connectivity index (χ4n) is 4.50. The molecule has 0 radical (unpaired) electrons. The van der Waals surface area contributed by atoms with Crippen molar-refractivity contribution in [2.45, 2.75) is 51.5 Å². The van der Waals surface area contributed by atoms with Crippen LogP contribution in [0, 0.1) is 0 Å². The minimum absolute atomic E-state index is 0.122. The molecule has 3 nitrogen and oxygen atoms in total. The first-order valence-electron chi connectivity index (χ1n) is 11.3. The van der Waals surface area contributed by atoms with E-state index in [0.29, 0.717) is 17.5 Å². The Bertz CT molecular complexity index is 1090.